The molecule has 0 saturated carbocycles. The molecule has 0 amide bonds. The van der Waals surface area contributed by atoms with E-state index in [0.29, 0.717) is 13.2 Å². The third kappa shape index (κ3) is 3.32. The van der Waals surface area contributed by atoms with E-state index in [1.807, 2.05) is 0 Å². The maximum Gasteiger partial charge on any atom is 0.0444 e. The Balaban J connectivity index is 2.36. The number of hydrogen-bond acceptors (Lipinski definition) is 3. The van der Waals surface area contributed by atoms with Crippen LogP contribution in [-0.4, -0.2) is 15.8 Å². The third-order valence-corrected chi connectivity index (χ3v) is 8.33. The number of rotatable bonds is 1. The predicted octanol–water partition coefficient (Wildman–Crippen LogP) is 3.55. The Morgan fingerprint density at radius 2 is 1.75 bits per heavy atom. The van der Waals surface area contributed by atoms with Gasteiger partial charge in [0, 0.05) is 4.32 Å². The molecule has 1 unspecified atom stereocenters. The van der Waals surface area contributed by atoms with Crippen LogP contribution in [0.15, 0.2) is 0 Å². The van der Waals surface area contributed by atoms with E-state index in [0.717, 1.165) is 10.2 Å². The van der Waals surface area contributed by atoms with E-state index in [-0.39, 0.29) is 0 Å². The highest BCUT2D eigenvalue weighted by atomic mass is 32.7. The van der Waals surface area contributed by atoms with Gasteiger partial charge in [-0.05, 0) is 22.8 Å². The van der Waals surface area contributed by atoms with E-state index in [1.54, 1.807) is 0 Å². The van der Waals surface area contributed by atoms with E-state index < -0.39 is 0 Å². The number of hydrogen-bond donors (Lipinski definition) is 0. The maximum absolute atomic E-state index is 5.09. The van der Waals surface area contributed by atoms with Gasteiger partial charge in [0.15, 0.2) is 0 Å². The molecule has 0 nitrogen and oxygen atoms in total. The molecular weight excluding hydrogens is 223 g/mol. The molecule has 12 heavy (non-hydrogen) atoms. The number of thioether (sulfide) groups is 2. The SMILES string of the molecule is CC(C)(C)C1CSC(P[S-])SC1. The van der Waals surface area contributed by atoms with E-state index in [1.165, 1.54) is 11.5 Å². The predicted molar refractivity (Wildman–Crippen MR) is 67.3 cm³/mol. The van der Waals surface area contributed by atoms with Crippen molar-refractivity contribution < 1.29 is 0 Å². The fourth-order valence-electron chi connectivity index (χ4n) is 1.07. The zero-order chi connectivity index (χ0) is 9.19. The standard InChI is InChI=1S/C8H16PS3/c1-8(2,3)6-4-11-7(9-10)12-5-6/h6-7,9H,4-5H2,1-3H3/q-1. The highest BCUT2D eigenvalue weighted by Crippen LogP contribution is 2.46. The van der Waals surface area contributed by atoms with Gasteiger partial charge in [-0.25, -0.2) is 7.78 Å². The highest BCUT2D eigenvalue weighted by Gasteiger charge is 2.28. The van der Waals surface area contributed by atoms with Gasteiger partial charge in [0.2, 0.25) is 0 Å². The lowest BCUT2D eigenvalue weighted by Crippen LogP contribution is -2.28. The Bertz CT molecular complexity index is 136. The smallest absolute Gasteiger partial charge is 0.0444 e. The topological polar surface area (TPSA) is 0 Å². The summed E-state index contributed by atoms with van der Waals surface area (Å²) in [7, 11) is 0.689. The molecule has 1 fully saturated rings. The Hall–Kier alpha value is 1.48. The largest absolute Gasteiger partial charge is 0.760 e. The van der Waals surface area contributed by atoms with Crippen LogP contribution in [0.1, 0.15) is 20.8 Å². The maximum atomic E-state index is 5.09. The molecule has 0 aromatic heterocycles. The minimum absolute atomic E-state index is 0.482. The van der Waals surface area contributed by atoms with Crippen LogP contribution in [0.2, 0.25) is 0 Å². The van der Waals surface area contributed by atoms with Gasteiger partial charge >= 0.3 is 0 Å². The van der Waals surface area contributed by atoms with E-state index in [9.17, 15) is 0 Å². The normalized spacial score (nSPS) is 33.0. The fourth-order valence-corrected chi connectivity index (χ4v) is 6.47. The third-order valence-electron chi connectivity index (χ3n) is 2.22. The lowest BCUT2D eigenvalue weighted by Gasteiger charge is -2.37. The van der Waals surface area contributed by atoms with Crippen LogP contribution in [-0.2, 0) is 12.2 Å². The first-order chi connectivity index (χ1) is 5.54. The second-order valence-electron chi connectivity index (χ2n) is 4.18. The van der Waals surface area contributed by atoms with Crippen LogP contribution in [0.4, 0.5) is 0 Å². The zero-order valence-corrected chi connectivity index (χ0v) is 11.2. The first-order valence-electron chi connectivity index (χ1n) is 4.15. The molecule has 0 N–H and O–H groups in total. The lowest BCUT2D eigenvalue weighted by atomic mass is 9.83. The molecule has 4 heteroatoms. The first-order valence-corrected chi connectivity index (χ1v) is 8.45. The van der Waals surface area contributed by atoms with Crippen LogP contribution in [0.3, 0.4) is 0 Å². The van der Waals surface area contributed by atoms with Crippen LogP contribution >= 0.6 is 31.3 Å². The summed E-state index contributed by atoms with van der Waals surface area (Å²) in [5.41, 5.74) is 0.482. The van der Waals surface area contributed by atoms with Crippen molar-refractivity contribution in [3.8, 4) is 0 Å². The summed E-state index contributed by atoms with van der Waals surface area (Å²) in [4.78, 5) is 0. The molecule has 0 aromatic carbocycles. The molecule has 1 aliphatic heterocycles. The van der Waals surface area contributed by atoms with Gasteiger partial charge in [0.1, 0.15) is 0 Å². The monoisotopic (exact) mass is 239 g/mol. The summed E-state index contributed by atoms with van der Waals surface area (Å²) in [6.45, 7) is 7.03. The zero-order valence-electron chi connectivity index (χ0n) is 7.79. The van der Waals surface area contributed by atoms with Crippen LogP contribution in [0.5, 0.6) is 0 Å². The van der Waals surface area contributed by atoms with Gasteiger partial charge in [-0.2, -0.15) is 0 Å². The molecule has 0 radical (unpaired) electrons. The molecule has 1 heterocycles. The van der Waals surface area contributed by atoms with Crippen molar-refractivity contribution >= 4 is 43.6 Å². The van der Waals surface area contributed by atoms with Gasteiger partial charge in [-0.3, -0.25) is 0 Å². The molecule has 0 bridgehead atoms. The van der Waals surface area contributed by atoms with Gasteiger partial charge in [0.25, 0.3) is 0 Å². The van der Waals surface area contributed by atoms with Crippen molar-refractivity contribution in [1.82, 2.24) is 0 Å². The Labute approximate surface area is 91.4 Å². The van der Waals surface area contributed by atoms with Gasteiger partial charge < -0.3 is 12.2 Å². The molecule has 0 aliphatic carbocycles. The molecule has 1 saturated heterocycles. The summed E-state index contributed by atoms with van der Waals surface area (Å²) in [6.07, 6.45) is 0. The lowest BCUT2D eigenvalue weighted by molar-refractivity contribution is 0.293. The van der Waals surface area contributed by atoms with Crippen LogP contribution in [0, 0.1) is 11.3 Å². The average Bonchev–Trinajstić information content (AvgIpc) is 2.03. The molecule has 0 aromatic rings. The van der Waals surface area contributed by atoms with E-state index >= 15 is 0 Å². The summed E-state index contributed by atoms with van der Waals surface area (Å²) in [5, 5.41) is 0. The molecule has 0 spiro atoms. The molecule has 72 valence electrons. The van der Waals surface area contributed by atoms with Crippen molar-refractivity contribution in [2.45, 2.75) is 25.1 Å². The second-order valence-corrected chi connectivity index (χ2v) is 9.11. The molecular formula is C8H16PS3-. The summed E-state index contributed by atoms with van der Waals surface area (Å²) >= 11 is 9.23. The molecule has 1 rings (SSSR count). The summed E-state index contributed by atoms with van der Waals surface area (Å²) in [5.74, 6) is 3.49. The van der Waals surface area contributed by atoms with Gasteiger partial charge in [0.05, 0.1) is 0 Å². The quantitative estimate of drug-likeness (QED) is 0.507. The average molecular weight is 239 g/mol. The van der Waals surface area contributed by atoms with Crippen molar-refractivity contribution in [2.75, 3.05) is 11.5 Å². The van der Waals surface area contributed by atoms with E-state index in [2.05, 4.69) is 44.3 Å². The van der Waals surface area contributed by atoms with Gasteiger partial charge in [-0.15, -0.1) is 23.5 Å². The Morgan fingerprint density at radius 1 is 1.25 bits per heavy atom. The molecule has 1 atom stereocenters. The minimum Gasteiger partial charge on any atom is -0.760 e. The van der Waals surface area contributed by atoms with E-state index in [4.69, 9.17) is 12.2 Å². The van der Waals surface area contributed by atoms with Crippen molar-refractivity contribution in [3.05, 3.63) is 0 Å². The first kappa shape index (κ1) is 11.6. The van der Waals surface area contributed by atoms with Gasteiger partial charge in [-0.1, -0.05) is 20.8 Å². The fraction of sp³-hybridized carbons (Fsp3) is 1.00. The second kappa shape index (κ2) is 4.82. The summed E-state index contributed by atoms with van der Waals surface area (Å²) < 4.78 is 0.721. The van der Waals surface area contributed by atoms with Crippen LogP contribution in [0.25, 0.3) is 0 Å². The molecule has 1 aliphatic rings. The summed E-state index contributed by atoms with van der Waals surface area (Å²) in [6, 6.07) is 0. The van der Waals surface area contributed by atoms with Crippen LogP contribution < -0.4 is 0 Å². The van der Waals surface area contributed by atoms with Crippen molar-refractivity contribution in [3.63, 3.8) is 0 Å². The Morgan fingerprint density at radius 3 is 2.08 bits per heavy atom. The highest BCUT2D eigenvalue weighted by molar-refractivity contribution is 8.37. The Kier molecular flexibility index (Phi) is 4.64. The van der Waals surface area contributed by atoms with Crippen molar-refractivity contribution in [2.24, 2.45) is 11.3 Å². The minimum atomic E-state index is 0.482. The van der Waals surface area contributed by atoms with Crippen molar-refractivity contribution in [1.29, 1.82) is 0 Å².